The minimum atomic E-state index is -0.744. The van der Waals surface area contributed by atoms with Gasteiger partial charge in [-0.2, -0.15) is 0 Å². The average Bonchev–Trinajstić information content (AvgIpc) is 2.87. The van der Waals surface area contributed by atoms with Gasteiger partial charge in [0.15, 0.2) is 5.13 Å². The number of nitro benzene ring substituents is 1. The van der Waals surface area contributed by atoms with E-state index < -0.39 is 16.6 Å². The Hall–Kier alpha value is -2.58. The Kier molecular flexibility index (Phi) is 3.93. The van der Waals surface area contributed by atoms with Crippen molar-refractivity contribution < 1.29 is 14.1 Å². The third-order valence-electron chi connectivity index (χ3n) is 2.99. The zero-order valence-corrected chi connectivity index (χ0v) is 12.8. The van der Waals surface area contributed by atoms with E-state index in [1.165, 1.54) is 30.3 Å². The number of thiazole rings is 1. The number of anilines is 1. The largest absolute Gasteiger partial charge is 0.298 e. The molecular formula is C14H7ClFN3O3S. The van der Waals surface area contributed by atoms with Crippen molar-refractivity contribution >= 4 is 49.9 Å². The predicted molar refractivity (Wildman–Crippen MR) is 85.6 cm³/mol. The van der Waals surface area contributed by atoms with E-state index in [1.54, 1.807) is 0 Å². The lowest BCUT2D eigenvalue weighted by Gasteiger charge is -2.04. The summed E-state index contributed by atoms with van der Waals surface area (Å²) in [7, 11) is 0. The number of nitro groups is 1. The number of carbonyl (C=O) groups excluding carboxylic acids is 1. The van der Waals surface area contributed by atoms with E-state index in [4.69, 9.17) is 11.6 Å². The van der Waals surface area contributed by atoms with Crippen LogP contribution < -0.4 is 5.32 Å². The first-order valence-corrected chi connectivity index (χ1v) is 7.45. The van der Waals surface area contributed by atoms with Gasteiger partial charge in [0, 0.05) is 12.1 Å². The van der Waals surface area contributed by atoms with Crippen molar-refractivity contribution in [3.63, 3.8) is 0 Å². The van der Waals surface area contributed by atoms with Crippen LogP contribution in [-0.4, -0.2) is 15.8 Å². The van der Waals surface area contributed by atoms with Crippen LogP contribution in [0.25, 0.3) is 10.2 Å². The Morgan fingerprint density at radius 2 is 2.13 bits per heavy atom. The summed E-state index contributed by atoms with van der Waals surface area (Å²) < 4.78 is 14.2. The summed E-state index contributed by atoms with van der Waals surface area (Å²) in [5, 5.41) is 13.4. The number of hydrogen-bond acceptors (Lipinski definition) is 5. The molecule has 1 N–H and O–H groups in total. The van der Waals surface area contributed by atoms with E-state index in [9.17, 15) is 19.3 Å². The maximum atomic E-state index is 13.7. The van der Waals surface area contributed by atoms with Gasteiger partial charge in [0.1, 0.15) is 5.82 Å². The minimum absolute atomic E-state index is 0.0146. The quantitative estimate of drug-likeness (QED) is 0.564. The van der Waals surface area contributed by atoms with Crippen molar-refractivity contribution in [1.82, 2.24) is 4.98 Å². The first-order valence-electron chi connectivity index (χ1n) is 6.26. The zero-order valence-electron chi connectivity index (χ0n) is 11.2. The molecule has 0 aliphatic carbocycles. The molecule has 0 saturated heterocycles. The number of fused-ring (bicyclic) bond motifs is 1. The topological polar surface area (TPSA) is 85.1 Å². The van der Waals surface area contributed by atoms with Crippen LogP contribution in [0.3, 0.4) is 0 Å². The Bertz CT molecular complexity index is 924. The van der Waals surface area contributed by atoms with Crippen molar-refractivity contribution in [3.05, 3.63) is 62.9 Å². The van der Waals surface area contributed by atoms with Crippen LogP contribution in [0.1, 0.15) is 10.4 Å². The summed E-state index contributed by atoms with van der Waals surface area (Å²) in [5.74, 6) is -1.48. The van der Waals surface area contributed by atoms with Crippen LogP contribution in [0.15, 0.2) is 36.4 Å². The number of nitrogens with zero attached hydrogens (tertiary/aromatic N) is 2. The number of halogens is 2. The molecule has 0 aliphatic rings. The number of hydrogen-bond donors (Lipinski definition) is 1. The Balaban J connectivity index is 1.92. The second kappa shape index (κ2) is 5.90. The van der Waals surface area contributed by atoms with Gasteiger partial charge in [-0.15, -0.1) is 0 Å². The van der Waals surface area contributed by atoms with Gasteiger partial charge < -0.3 is 0 Å². The van der Waals surface area contributed by atoms with E-state index in [0.29, 0.717) is 10.2 Å². The van der Waals surface area contributed by atoms with Crippen molar-refractivity contribution in [2.75, 3.05) is 5.32 Å². The van der Waals surface area contributed by atoms with Crippen molar-refractivity contribution in [3.8, 4) is 0 Å². The van der Waals surface area contributed by atoms with E-state index >= 15 is 0 Å². The third-order valence-corrected chi connectivity index (χ3v) is 4.24. The van der Waals surface area contributed by atoms with E-state index in [1.807, 2.05) is 0 Å². The van der Waals surface area contributed by atoms with Gasteiger partial charge in [-0.1, -0.05) is 29.0 Å². The molecular weight excluding hydrogens is 345 g/mol. The lowest BCUT2D eigenvalue weighted by atomic mass is 10.2. The molecule has 0 aliphatic heterocycles. The molecule has 23 heavy (non-hydrogen) atoms. The molecule has 0 fully saturated rings. The molecule has 3 aromatic rings. The number of non-ortho nitro benzene ring substituents is 1. The fourth-order valence-electron chi connectivity index (χ4n) is 1.95. The Morgan fingerprint density at radius 3 is 2.83 bits per heavy atom. The van der Waals surface area contributed by atoms with Gasteiger partial charge in [0.2, 0.25) is 0 Å². The van der Waals surface area contributed by atoms with Gasteiger partial charge in [-0.05, 0) is 18.2 Å². The molecule has 9 heteroatoms. The predicted octanol–water partition coefficient (Wildman–Crippen LogP) is 4.25. The molecule has 116 valence electrons. The number of carbonyl (C=O) groups is 1. The van der Waals surface area contributed by atoms with Crippen LogP contribution in [-0.2, 0) is 0 Å². The standard InChI is InChI=1S/C14H7ClFN3O3S/c15-8-2-1-3-9(16)12(8)13(20)18-14-17-10-5-4-7(19(21)22)6-11(10)23-14/h1-6H,(H,17,18,20). The number of benzene rings is 2. The lowest BCUT2D eigenvalue weighted by Crippen LogP contribution is -2.14. The summed E-state index contributed by atoms with van der Waals surface area (Å²) >= 11 is 6.88. The van der Waals surface area contributed by atoms with Gasteiger partial charge in [-0.3, -0.25) is 20.2 Å². The molecule has 1 aromatic heterocycles. The average molecular weight is 352 g/mol. The summed E-state index contributed by atoms with van der Waals surface area (Å²) in [5.41, 5.74) is 0.145. The van der Waals surface area contributed by atoms with E-state index in [-0.39, 0.29) is 21.4 Å². The van der Waals surface area contributed by atoms with Crippen LogP contribution in [0.5, 0.6) is 0 Å². The fourth-order valence-corrected chi connectivity index (χ4v) is 3.10. The van der Waals surface area contributed by atoms with Crippen molar-refractivity contribution in [2.45, 2.75) is 0 Å². The smallest absolute Gasteiger partial charge is 0.270 e. The molecule has 0 spiro atoms. The lowest BCUT2D eigenvalue weighted by molar-refractivity contribution is -0.384. The van der Waals surface area contributed by atoms with Crippen molar-refractivity contribution in [1.29, 1.82) is 0 Å². The van der Waals surface area contributed by atoms with E-state index in [0.717, 1.165) is 17.4 Å². The molecule has 3 rings (SSSR count). The second-order valence-corrected chi connectivity index (χ2v) is 5.92. The third kappa shape index (κ3) is 2.99. The summed E-state index contributed by atoms with van der Waals surface area (Å²) in [6.45, 7) is 0. The summed E-state index contributed by atoms with van der Waals surface area (Å²) in [6.07, 6.45) is 0. The van der Waals surface area contributed by atoms with Crippen LogP contribution in [0, 0.1) is 15.9 Å². The highest BCUT2D eigenvalue weighted by Crippen LogP contribution is 2.30. The van der Waals surface area contributed by atoms with Gasteiger partial charge in [-0.25, -0.2) is 9.37 Å². The van der Waals surface area contributed by atoms with E-state index in [2.05, 4.69) is 10.3 Å². The number of amides is 1. The van der Waals surface area contributed by atoms with Crippen LogP contribution in [0.4, 0.5) is 15.2 Å². The zero-order chi connectivity index (χ0) is 16.6. The van der Waals surface area contributed by atoms with Crippen LogP contribution >= 0.6 is 22.9 Å². The van der Waals surface area contributed by atoms with Gasteiger partial charge in [0.05, 0.1) is 25.7 Å². The van der Waals surface area contributed by atoms with Crippen LogP contribution in [0.2, 0.25) is 5.02 Å². The summed E-state index contributed by atoms with van der Waals surface area (Å²) in [6, 6.07) is 8.09. The molecule has 1 heterocycles. The minimum Gasteiger partial charge on any atom is -0.298 e. The highest BCUT2D eigenvalue weighted by Gasteiger charge is 2.18. The first-order chi connectivity index (χ1) is 11.0. The molecule has 2 aromatic carbocycles. The molecule has 0 bridgehead atoms. The van der Waals surface area contributed by atoms with Crippen molar-refractivity contribution in [2.24, 2.45) is 0 Å². The first kappa shape index (κ1) is 15.3. The van der Waals surface area contributed by atoms with Gasteiger partial charge in [0.25, 0.3) is 11.6 Å². The molecule has 0 unspecified atom stereocenters. The maximum absolute atomic E-state index is 13.7. The molecule has 1 amide bonds. The molecule has 0 radical (unpaired) electrons. The molecule has 6 nitrogen and oxygen atoms in total. The molecule has 0 saturated carbocycles. The van der Waals surface area contributed by atoms with Gasteiger partial charge >= 0.3 is 0 Å². The second-order valence-electron chi connectivity index (χ2n) is 4.48. The summed E-state index contributed by atoms with van der Waals surface area (Å²) in [4.78, 5) is 26.5. The Labute approximate surface area is 137 Å². The number of rotatable bonds is 3. The highest BCUT2D eigenvalue weighted by atomic mass is 35.5. The monoisotopic (exact) mass is 351 g/mol. The SMILES string of the molecule is O=C(Nc1nc2ccc([N+](=O)[O-])cc2s1)c1c(F)cccc1Cl. The Morgan fingerprint density at radius 1 is 1.35 bits per heavy atom. The number of nitrogens with one attached hydrogen (secondary N) is 1. The maximum Gasteiger partial charge on any atom is 0.270 e. The number of aromatic nitrogens is 1. The normalized spacial score (nSPS) is 10.7. The fraction of sp³-hybridized carbons (Fsp3) is 0. The molecule has 0 atom stereocenters. The highest BCUT2D eigenvalue weighted by molar-refractivity contribution is 7.22.